The van der Waals surface area contributed by atoms with Crippen molar-refractivity contribution in [3.05, 3.63) is 35.4 Å². The van der Waals surface area contributed by atoms with E-state index in [1.54, 1.807) is 0 Å². The molecule has 0 saturated heterocycles. The van der Waals surface area contributed by atoms with Crippen molar-refractivity contribution < 1.29 is 9.84 Å². The van der Waals surface area contributed by atoms with Gasteiger partial charge in [0.2, 0.25) is 0 Å². The first-order valence-electron chi connectivity index (χ1n) is 6.21. The van der Waals surface area contributed by atoms with Gasteiger partial charge in [-0.25, -0.2) is 0 Å². The van der Waals surface area contributed by atoms with Crippen molar-refractivity contribution in [1.82, 2.24) is 4.90 Å². The topological polar surface area (TPSA) is 32.7 Å². The molecule has 0 aliphatic rings. The number of benzene rings is 1. The quantitative estimate of drug-likeness (QED) is 0.611. The third-order valence-electron chi connectivity index (χ3n) is 2.58. The second-order valence-electron chi connectivity index (χ2n) is 4.05. The Hall–Kier alpha value is -1.34. The fraction of sp³-hybridized carbons (Fsp3) is 0.467. The molecule has 0 amide bonds. The van der Waals surface area contributed by atoms with Gasteiger partial charge >= 0.3 is 0 Å². The molecule has 0 aliphatic heterocycles. The Bertz CT molecular complexity index is 406. The Morgan fingerprint density at radius 2 is 2.11 bits per heavy atom. The maximum atomic E-state index is 8.74. The summed E-state index contributed by atoms with van der Waals surface area (Å²) in [4.78, 5) is 2.20. The fourth-order valence-electron chi connectivity index (χ4n) is 1.65. The largest absolute Gasteiger partial charge is 0.384 e. The first-order valence-corrected chi connectivity index (χ1v) is 6.21. The molecule has 0 aliphatic carbocycles. The molecule has 3 heteroatoms. The molecule has 1 aromatic rings. The zero-order valence-corrected chi connectivity index (χ0v) is 11.1. The van der Waals surface area contributed by atoms with E-state index in [1.807, 2.05) is 25.1 Å². The van der Waals surface area contributed by atoms with Gasteiger partial charge in [0.05, 0.1) is 6.61 Å². The molecule has 0 atom stereocenters. The SMILES string of the molecule is CCOCCN(C)Cc1ccccc1C#CCO. The molecule has 0 radical (unpaired) electrons. The number of likely N-dealkylation sites (N-methyl/N-ethyl adjacent to an activating group) is 1. The Morgan fingerprint density at radius 1 is 1.33 bits per heavy atom. The van der Waals surface area contributed by atoms with Crippen LogP contribution in [0.1, 0.15) is 18.1 Å². The molecule has 18 heavy (non-hydrogen) atoms. The molecule has 1 rings (SSSR count). The predicted molar refractivity (Wildman–Crippen MR) is 73.2 cm³/mol. The van der Waals surface area contributed by atoms with Crippen molar-refractivity contribution in [2.24, 2.45) is 0 Å². The number of nitrogens with zero attached hydrogens (tertiary/aromatic N) is 1. The van der Waals surface area contributed by atoms with Crippen LogP contribution in [0.25, 0.3) is 0 Å². The lowest BCUT2D eigenvalue weighted by atomic mass is 10.1. The smallest absolute Gasteiger partial charge is 0.104 e. The molecular formula is C15H21NO2. The first-order chi connectivity index (χ1) is 8.77. The summed E-state index contributed by atoms with van der Waals surface area (Å²) in [7, 11) is 2.06. The maximum absolute atomic E-state index is 8.74. The average molecular weight is 247 g/mol. The molecule has 1 aromatic carbocycles. The van der Waals surface area contributed by atoms with Gasteiger partial charge < -0.3 is 9.84 Å². The number of hydrogen-bond donors (Lipinski definition) is 1. The molecule has 0 unspecified atom stereocenters. The van der Waals surface area contributed by atoms with Crippen LogP contribution in [0.5, 0.6) is 0 Å². The van der Waals surface area contributed by atoms with Crippen LogP contribution in [-0.4, -0.2) is 43.4 Å². The molecule has 0 spiro atoms. The maximum Gasteiger partial charge on any atom is 0.104 e. The molecule has 3 nitrogen and oxygen atoms in total. The first kappa shape index (κ1) is 14.7. The van der Waals surface area contributed by atoms with Crippen LogP contribution in [0, 0.1) is 11.8 Å². The van der Waals surface area contributed by atoms with E-state index in [-0.39, 0.29) is 6.61 Å². The minimum absolute atomic E-state index is 0.103. The van der Waals surface area contributed by atoms with Crippen molar-refractivity contribution >= 4 is 0 Å². The molecule has 0 aromatic heterocycles. The van der Waals surface area contributed by atoms with Gasteiger partial charge in [-0.1, -0.05) is 30.0 Å². The number of hydrogen-bond acceptors (Lipinski definition) is 3. The van der Waals surface area contributed by atoms with Gasteiger partial charge in [0, 0.05) is 25.3 Å². The zero-order chi connectivity index (χ0) is 13.2. The second-order valence-corrected chi connectivity index (χ2v) is 4.05. The lowest BCUT2D eigenvalue weighted by Crippen LogP contribution is -2.23. The van der Waals surface area contributed by atoms with Crippen LogP contribution in [0.4, 0.5) is 0 Å². The summed E-state index contributed by atoms with van der Waals surface area (Å²) in [6.07, 6.45) is 0. The van der Waals surface area contributed by atoms with Crippen LogP contribution in [0.3, 0.4) is 0 Å². The third kappa shape index (κ3) is 5.33. The molecule has 0 heterocycles. The van der Waals surface area contributed by atoms with E-state index >= 15 is 0 Å². The average Bonchev–Trinajstić information content (AvgIpc) is 2.38. The number of aliphatic hydroxyl groups is 1. The Kier molecular flexibility index (Phi) is 7.12. The van der Waals surface area contributed by atoms with Gasteiger partial charge in [0.15, 0.2) is 0 Å². The van der Waals surface area contributed by atoms with Crippen molar-refractivity contribution in [1.29, 1.82) is 0 Å². The van der Waals surface area contributed by atoms with E-state index in [9.17, 15) is 0 Å². The highest BCUT2D eigenvalue weighted by Gasteiger charge is 2.03. The molecule has 98 valence electrons. The van der Waals surface area contributed by atoms with Crippen LogP contribution in [0.2, 0.25) is 0 Å². The number of ether oxygens (including phenoxy) is 1. The monoisotopic (exact) mass is 247 g/mol. The Balaban J connectivity index is 2.60. The van der Waals surface area contributed by atoms with Crippen molar-refractivity contribution in [2.75, 3.05) is 33.4 Å². The van der Waals surface area contributed by atoms with Gasteiger partial charge in [0.25, 0.3) is 0 Å². The van der Waals surface area contributed by atoms with Gasteiger partial charge in [-0.2, -0.15) is 0 Å². The molecule has 0 fully saturated rings. The van der Waals surface area contributed by atoms with E-state index in [0.29, 0.717) is 0 Å². The lowest BCUT2D eigenvalue weighted by Gasteiger charge is -2.17. The van der Waals surface area contributed by atoms with Crippen LogP contribution >= 0.6 is 0 Å². The highest BCUT2D eigenvalue weighted by molar-refractivity contribution is 5.41. The summed E-state index contributed by atoms with van der Waals surface area (Å²) < 4.78 is 5.33. The Labute approximate surface area is 109 Å². The molecule has 0 saturated carbocycles. The van der Waals surface area contributed by atoms with E-state index in [2.05, 4.69) is 29.9 Å². The third-order valence-corrected chi connectivity index (χ3v) is 2.58. The standard InChI is InChI=1S/C15H21NO2/c1-3-18-12-10-16(2)13-15-8-5-4-7-14(15)9-6-11-17/h4-5,7-8,17H,3,10-13H2,1-2H3. The number of rotatable bonds is 6. The van der Waals surface area contributed by atoms with E-state index in [0.717, 1.165) is 31.9 Å². The van der Waals surface area contributed by atoms with Gasteiger partial charge in [-0.05, 0) is 25.6 Å². The van der Waals surface area contributed by atoms with Crippen molar-refractivity contribution in [3.63, 3.8) is 0 Å². The minimum atomic E-state index is -0.103. The van der Waals surface area contributed by atoms with Gasteiger partial charge in [-0.3, -0.25) is 4.90 Å². The second kappa shape index (κ2) is 8.71. The summed E-state index contributed by atoms with van der Waals surface area (Å²) in [5.41, 5.74) is 2.16. The van der Waals surface area contributed by atoms with Crippen LogP contribution in [-0.2, 0) is 11.3 Å². The summed E-state index contributed by atoms with van der Waals surface area (Å²) >= 11 is 0. The van der Waals surface area contributed by atoms with E-state index in [1.165, 1.54) is 5.56 Å². The molecular weight excluding hydrogens is 226 g/mol. The highest BCUT2D eigenvalue weighted by Crippen LogP contribution is 2.09. The highest BCUT2D eigenvalue weighted by atomic mass is 16.5. The van der Waals surface area contributed by atoms with E-state index < -0.39 is 0 Å². The van der Waals surface area contributed by atoms with Gasteiger partial charge in [-0.15, -0.1) is 0 Å². The van der Waals surface area contributed by atoms with Crippen LogP contribution in [0.15, 0.2) is 24.3 Å². The van der Waals surface area contributed by atoms with E-state index in [4.69, 9.17) is 9.84 Å². The lowest BCUT2D eigenvalue weighted by molar-refractivity contribution is 0.120. The molecule has 0 bridgehead atoms. The summed E-state index contributed by atoms with van der Waals surface area (Å²) in [6, 6.07) is 8.02. The Morgan fingerprint density at radius 3 is 2.83 bits per heavy atom. The summed E-state index contributed by atoms with van der Waals surface area (Å²) in [5.74, 6) is 5.67. The predicted octanol–water partition coefficient (Wildman–Crippen LogP) is 1.50. The molecule has 1 N–H and O–H groups in total. The zero-order valence-electron chi connectivity index (χ0n) is 11.1. The fourth-order valence-corrected chi connectivity index (χ4v) is 1.65. The van der Waals surface area contributed by atoms with Crippen molar-refractivity contribution in [3.8, 4) is 11.8 Å². The summed E-state index contributed by atoms with van der Waals surface area (Å²) in [6.45, 7) is 5.14. The van der Waals surface area contributed by atoms with Crippen LogP contribution < -0.4 is 0 Å². The van der Waals surface area contributed by atoms with Crippen molar-refractivity contribution in [2.45, 2.75) is 13.5 Å². The van der Waals surface area contributed by atoms with Gasteiger partial charge in [0.1, 0.15) is 6.61 Å². The minimum Gasteiger partial charge on any atom is -0.384 e. The summed E-state index contributed by atoms with van der Waals surface area (Å²) in [5, 5.41) is 8.74. The normalized spacial score (nSPS) is 10.2. The number of aliphatic hydroxyl groups excluding tert-OH is 1.